The molecule has 0 N–H and O–H groups in total. The number of hydrogen-bond donors (Lipinski definition) is 0. The van der Waals surface area contributed by atoms with Gasteiger partial charge < -0.3 is 4.55 Å². The number of nitrogens with zero attached hydrogens (tertiary/aromatic N) is 1. The Hall–Kier alpha value is -1.26. The predicted molar refractivity (Wildman–Crippen MR) is 48.9 cm³/mol. The van der Waals surface area contributed by atoms with Crippen molar-refractivity contribution >= 4 is 21.9 Å². The average molecular weight is 192 g/mol. The number of rotatable bonds is 1. The normalized spacial score (nSPS) is 13.0. The minimum atomic E-state index is -2.22. The van der Waals surface area contributed by atoms with Crippen molar-refractivity contribution in [1.82, 2.24) is 4.98 Å². The van der Waals surface area contributed by atoms with Crippen LogP contribution in [-0.2, 0) is 11.1 Å². The molecular formula is C9H6NO2S-. The zero-order valence-electron chi connectivity index (χ0n) is 6.64. The molecule has 13 heavy (non-hydrogen) atoms. The molecule has 1 atom stereocenters. The molecule has 1 heterocycles. The smallest absolute Gasteiger partial charge is 0.0510 e. The second-order valence-corrected chi connectivity index (χ2v) is 3.50. The molecule has 0 saturated heterocycles. The Morgan fingerprint density at radius 2 is 2.00 bits per heavy atom. The summed E-state index contributed by atoms with van der Waals surface area (Å²) in [5, 5.41) is 1.55. The van der Waals surface area contributed by atoms with Crippen LogP contribution in [0.1, 0.15) is 0 Å². The van der Waals surface area contributed by atoms with Gasteiger partial charge in [-0.05, 0) is 16.5 Å². The summed E-state index contributed by atoms with van der Waals surface area (Å²) < 4.78 is 21.5. The molecule has 66 valence electrons. The molecule has 0 bridgehead atoms. The van der Waals surface area contributed by atoms with Crippen molar-refractivity contribution in [3.63, 3.8) is 0 Å². The molecule has 0 aliphatic rings. The Morgan fingerprint density at radius 1 is 1.23 bits per heavy atom. The van der Waals surface area contributed by atoms with E-state index in [9.17, 15) is 8.76 Å². The third-order valence-corrected chi connectivity index (χ3v) is 2.50. The SMILES string of the molecule is O=S([O-])c1cncc2ccccc12. The third-order valence-electron chi connectivity index (χ3n) is 1.81. The van der Waals surface area contributed by atoms with Crippen LogP contribution in [0.15, 0.2) is 41.6 Å². The highest BCUT2D eigenvalue weighted by atomic mass is 32.2. The molecule has 2 aromatic rings. The first-order valence-corrected chi connectivity index (χ1v) is 4.78. The molecule has 2 rings (SSSR count). The average Bonchev–Trinajstić information content (AvgIpc) is 2.17. The molecule has 1 aromatic carbocycles. The summed E-state index contributed by atoms with van der Waals surface area (Å²) in [5.41, 5.74) is 0. The van der Waals surface area contributed by atoms with E-state index in [1.165, 1.54) is 6.20 Å². The maximum Gasteiger partial charge on any atom is 0.0510 e. The fourth-order valence-corrected chi connectivity index (χ4v) is 1.73. The minimum absolute atomic E-state index is 0.248. The van der Waals surface area contributed by atoms with Gasteiger partial charge in [0, 0.05) is 17.8 Å². The van der Waals surface area contributed by atoms with Crippen LogP contribution >= 0.6 is 0 Å². The monoisotopic (exact) mass is 192 g/mol. The quantitative estimate of drug-likeness (QED) is 0.643. The van der Waals surface area contributed by atoms with E-state index < -0.39 is 11.1 Å². The van der Waals surface area contributed by atoms with Crippen LogP contribution in [0.5, 0.6) is 0 Å². The topological polar surface area (TPSA) is 53.0 Å². The zero-order valence-corrected chi connectivity index (χ0v) is 7.45. The van der Waals surface area contributed by atoms with Gasteiger partial charge in [0.15, 0.2) is 0 Å². The Kier molecular flexibility index (Phi) is 2.08. The fourth-order valence-electron chi connectivity index (χ4n) is 1.22. The molecule has 3 nitrogen and oxygen atoms in total. The lowest BCUT2D eigenvalue weighted by Gasteiger charge is -2.07. The van der Waals surface area contributed by atoms with E-state index >= 15 is 0 Å². The molecule has 0 spiro atoms. The first-order chi connectivity index (χ1) is 6.29. The van der Waals surface area contributed by atoms with Crippen LogP contribution in [-0.4, -0.2) is 13.7 Å². The van der Waals surface area contributed by atoms with Gasteiger partial charge in [0.2, 0.25) is 0 Å². The third kappa shape index (κ3) is 1.46. The van der Waals surface area contributed by atoms with Crippen molar-refractivity contribution in [2.45, 2.75) is 4.90 Å². The summed E-state index contributed by atoms with van der Waals surface area (Å²) >= 11 is -2.22. The number of fused-ring (bicyclic) bond motifs is 1. The Labute approximate surface area is 77.7 Å². The summed E-state index contributed by atoms with van der Waals surface area (Å²) in [7, 11) is 0. The lowest BCUT2D eigenvalue weighted by molar-refractivity contribution is 0.537. The highest BCUT2D eigenvalue weighted by Crippen LogP contribution is 2.18. The summed E-state index contributed by atoms with van der Waals surface area (Å²) in [6.07, 6.45) is 3.00. The van der Waals surface area contributed by atoms with Crippen LogP contribution in [0.4, 0.5) is 0 Å². The van der Waals surface area contributed by atoms with Gasteiger partial charge in [-0.2, -0.15) is 0 Å². The summed E-state index contributed by atoms with van der Waals surface area (Å²) in [4.78, 5) is 4.09. The van der Waals surface area contributed by atoms with Gasteiger partial charge in [0.25, 0.3) is 0 Å². The molecule has 0 saturated carbocycles. The van der Waals surface area contributed by atoms with Crippen molar-refractivity contribution in [3.8, 4) is 0 Å². The number of benzene rings is 1. The van der Waals surface area contributed by atoms with Crippen LogP contribution in [0, 0.1) is 0 Å². The second-order valence-electron chi connectivity index (χ2n) is 2.59. The van der Waals surface area contributed by atoms with Crippen LogP contribution < -0.4 is 0 Å². The van der Waals surface area contributed by atoms with E-state index in [1.807, 2.05) is 12.1 Å². The molecular weight excluding hydrogens is 186 g/mol. The molecule has 0 amide bonds. The Morgan fingerprint density at radius 3 is 2.77 bits per heavy atom. The van der Waals surface area contributed by atoms with Crippen molar-refractivity contribution in [1.29, 1.82) is 0 Å². The number of pyridine rings is 1. The van der Waals surface area contributed by atoms with Crippen molar-refractivity contribution < 1.29 is 8.76 Å². The van der Waals surface area contributed by atoms with Crippen molar-refractivity contribution in [2.75, 3.05) is 0 Å². The lowest BCUT2D eigenvalue weighted by Crippen LogP contribution is -1.91. The largest absolute Gasteiger partial charge is 0.768 e. The maximum atomic E-state index is 10.8. The minimum Gasteiger partial charge on any atom is -0.768 e. The zero-order chi connectivity index (χ0) is 9.26. The Bertz CT molecular complexity index is 465. The summed E-state index contributed by atoms with van der Waals surface area (Å²) in [5.74, 6) is 0. The molecule has 1 unspecified atom stereocenters. The molecule has 1 aromatic heterocycles. The van der Waals surface area contributed by atoms with E-state index in [1.54, 1.807) is 18.3 Å². The summed E-state index contributed by atoms with van der Waals surface area (Å²) in [6, 6.07) is 7.25. The van der Waals surface area contributed by atoms with Gasteiger partial charge in [-0.1, -0.05) is 24.3 Å². The highest BCUT2D eigenvalue weighted by molar-refractivity contribution is 7.79. The van der Waals surface area contributed by atoms with Crippen molar-refractivity contribution in [2.24, 2.45) is 0 Å². The predicted octanol–water partition coefficient (Wildman–Crippen LogP) is 1.47. The van der Waals surface area contributed by atoms with Crippen molar-refractivity contribution in [3.05, 3.63) is 36.7 Å². The standard InChI is InChI=1S/C9H7NO2S/c11-13(12)9-6-10-5-7-3-1-2-4-8(7)9/h1-6H,(H,11,12)/p-1. The first-order valence-electron chi connectivity index (χ1n) is 3.71. The van der Waals surface area contributed by atoms with E-state index in [4.69, 9.17) is 0 Å². The van der Waals surface area contributed by atoms with E-state index in [2.05, 4.69) is 4.98 Å². The van der Waals surface area contributed by atoms with E-state index in [-0.39, 0.29) is 4.90 Å². The number of hydrogen-bond acceptors (Lipinski definition) is 3. The van der Waals surface area contributed by atoms with Gasteiger partial charge >= 0.3 is 0 Å². The van der Waals surface area contributed by atoms with Gasteiger partial charge in [-0.25, -0.2) is 0 Å². The molecule has 0 aliphatic heterocycles. The molecule has 4 heteroatoms. The molecule has 0 radical (unpaired) electrons. The highest BCUT2D eigenvalue weighted by Gasteiger charge is 1.99. The van der Waals surface area contributed by atoms with Crippen LogP contribution in [0.2, 0.25) is 0 Å². The Balaban J connectivity index is 2.83. The lowest BCUT2D eigenvalue weighted by atomic mass is 10.2. The van der Waals surface area contributed by atoms with Gasteiger partial charge in [-0.15, -0.1) is 0 Å². The van der Waals surface area contributed by atoms with E-state index in [0.29, 0.717) is 5.39 Å². The first kappa shape index (κ1) is 8.34. The number of aromatic nitrogens is 1. The molecule has 0 aliphatic carbocycles. The maximum absolute atomic E-state index is 10.8. The molecule has 0 fully saturated rings. The van der Waals surface area contributed by atoms with E-state index in [0.717, 1.165) is 5.39 Å². The second kappa shape index (κ2) is 3.24. The van der Waals surface area contributed by atoms with Gasteiger partial charge in [0.1, 0.15) is 0 Å². The van der Waals surface area contributed by atoms with Crippen LogP contribution in [0.3, 0.4) is 0 Å². The van der Waals surface area contributed by atoms with Gasteiger partial charge in [-0.3, -0.25) is 9.19 Å². The van der Waals surface area contributed by atoms with Gasteiger partial charge in [0.05, 0.1) is 4.90 Å². The summed E-state index contributed by atoms with van der Waals surface area (Å²) in [6.45, 7) is 0. The fraction of sp³-hybridized carbons (Fsp3) is 0. The van der Waals surface area contributed by atoms with Crippen LogP contribution in [0.25, 0.3) is 10.8 Å².